The minimum atomic E-state index is -0.466. The highest BCUT2D eigenvalue weighted by molar-refractivity contribution is 7.99. The molecule has 5 nitrogen and oxygen atoms in total. The quantitative estimate of drug-likeness (QED) is 0.194. The highest BCUT2D eigenvalue weighted by atomic mass is 32.2. The van der Waals surface area contributed by atoms with Gasteiger partial charge in [-0.25, -0.2) is 0 Å². The van der Waals surface area contributed by atoms with E-state index in [2.05, 4.69) is 53.7 Å². The van der Waals surface area contributed by atoms with Crippen molar-refractivity contribution in [3.63, 3.8) is 0 Å². The van der Waals surface area contributed by atoms with E-state index in [-0.39, 0.29) is 6.79 Å². The van der Waals surface area contributed by atoms with Crippen molar-refractivity contribution in [3.05, 3.63) is 48.0 Å². The maximum absolute atomic E-state index is 6.27. The van der Waals surface area contributed by atoms with Crippen molar-refractivity contribution in [1.29, 1.82) is 0 Å². The van der Waals surface area contributed by atoms with Gasteiger partial charge in [0.05, 0.1) is 17.8 Å². The average Bonchev–Trinajstić information content (AvgIpc) is 2.93. The Kier molecular flexibility index (Phi) is 8.34. The molecule has 3 rings (SSSR count). The molecule has 1 saturated heterocycles. The summed E-state index contributed by atoms with van der Waals surface area (Å²) in [6, 6.07) is 14.1. The summed E-state index contributed by atoms with van der Waals surface area (Å²) in [6.07, 6.45) is 0. The molecule has 7 heteroatoms. The largest absolute Gasteiger partial charge is 0.495 e. The molecule has 0 spiro atoms. The lowest BCUT2D eigenvalue weighted by Gasteiger charge is -2.32. The van der Waals surface area contributed by atoms with Gasteiger partial charge in [-0.15, -0.1) is 11.8 Å². The number of ether oxygens (including phenoxy) is 3. The van der Waals surface area contributed by atoms with Crippen LogP contribution in [-0.4, -0.2) is 37.0 Å². The Morgan fingerprint density at radius 3 is 2.12 bits per heavy atom. The summed E-state index contributed by atoms with van der Waals surface area (Å²) in [7, 11) is -0.466. The van der Waals surface area contributed by atoms with Gasteiger partial charge in [-0.1, -0.05) is 19.9 Å². The molecule has 0 unspecified atom stereocenters. The molecule has 2 aromatic carbocycles. The van der Waals surface area contributed by atoms with Crippen molar-refractivity contribution >= 4 is 24.3 Å². The topological polar surface area (TPSA) is 46.2 Å². The van der Waals surface area contributed by atoms with Crippen LogP contribution < -0.4 is 10.2 Å². The van der Waals surface area contributed by atoms with Gasteiger partial charge in [0.2, 0.25) is 0 Å². The first-order valence-corrected chi connectivity index (χ1v) is 12.1. The predicted molar refractivity (Wildman–Crippen MR) is 131 cm³/mol. The number of hydrogen-bond acceptors (Lipinski definition) is 6. The summed E-state index contributed by atoms with van der Waals surface area (Å²) in [6.45, 7) is 15.7. The Morgan fingerprint density at radius 1 is 0.906 bits per heavy atom. The summed E-state index contributed by atoms with van der Waals surface area (Å²) in [5.74, 6) is 1.53. The molecule has 2 aromatic rings. The van der Waals surface area contributed by atoms with Gasteiger partial charge in [0.15, 0.2) is 0 Å². The first kappa shape index (κ1) is 25.1. The zero-order valence-corrected chi connectivity index (χ0v) is 21.1. The van der Waals surface area contributed by atoms with Crippen LogP contribution in [0.4, 0.5) is 0 Å². The molecule has 0 atom stereocenters. The molecule has 0 N–H and O–H groups in total. The SMILES string of the molecule is CCOCOCc1cc(Oc2ccc(SC(C)C)cc2)ccc1B1OC(C)(C)C(C)(C)O1. The Bertz CT molecular complexity index is 866. The highest BCUT2D eigenvalue weighted by Crippen LogP contribution is 2.37. The van der Waals surface area contributed by atoms with Gasteiger partial charge in [-0.3, -0.25) is 0 Å². The molecule has 1 aliphatic rings. The maximum Gasteiger partial charge on any atom is 0.495 e. The van der Waals surface area contributed by atoms with Crippen molar-refractivity contribution in [2.45, 2.75) is 76.4 Å². The van der Waals surface area contributed by atoms with Gasteiger partial charge in [0.1, 0.15) is 18.3 Å². The van der Waals surface area contributed by atoms with E-state index in [9.17, 15) is 0 Å². The lowest BCUT2D eigenvalue weighted by atomic mass is 9.76. The van der Waals surface area contributed by atoms with Crippen LogP contribution in [0.5, 0.6) is 11.5 Å². The number of thioether (sulfide) groups is 1. The van der Waals surface area contributed by atoms with Crippen LogP contribution in [-0.2, 0) is 25.4 Å². The number of rotatable bonds is 10. The molecule has 0 bridgehead atoms. The minimum absolute atomic E-state index is 0.235. The standard InChI is InChI=1S/C25H35BO5S/c1-8-27-17-28-16-19-15-21(29-20-9-12-22(13-10-20)32-18(2)3)11-14-23(19)26-30-24(4,5)25(6,7)31-26/h9-15,18H,8,16-17H2,1-7H3. The van der Waals surface area contributed by atoms with Gasteiger partial charge in [-0.05, 0) is 82.0 Å². The second kappa shape index (κ2) is 10.6. The zero-order chi connectivity index (χ0) is 23.4. The van der Waals surface area contributed by atoms with E-state index < -0.39 is 18.3 Å². The summed E-state index contributed by atoms with van der Waals surface area (Å²) in [4.78, 5) is 1.23. The van der Waals surface area contributed by atoms with Crippen molar-refractivity contribution < 1.29 is 23.5 Å². The maximum atomic E-state index is 6.27. The van der Waals surface area contributed by atoms with Gasteiger partial charge in [0, 0.05) is 16.8 Å². The Balaban J connectivity index is 1.79. The molecule has 0 aromatic heterocycles. The second-order valence-corrected chi connectivity index (χ2v) is 10.8. The third-order valence-corrected chi connectivity index (χ3v) is 6.70. The molecular formula is C25H35BO5S. The van der Waals surface area contributed by atoms with Gasteiger partial charge in [-0.2, -0.15) is 0 Å². The zero-order valence-electron chi connectivity index (χ0n) is 20.3. The van der Waals surface area contributed by atoms with Crippen molar-refractivity contribution in [2.24, 2.45) is 0 Å². The van der Waals surface area contributed by atoms with E-state index in [0.717, 1.165) is 22.5 Å². The summed E-state index contributed by atoms with van der Waals surface area (Å²) < 4.78 is 29.7. The van der Waals surface area contributed by atoms with Crippen molar-refractivity contribution in [3.8, 4) is 11.5 Å². The molecule has 32 heavy (non-hydrogen) atoms. The molecule has 1 fully saturated rings. The average molecular weight is 458 g/mol. The second-order valence-electron chi connectivity index (χ2n) is 9.15. The fourth-order valence-corrected chi connectivity index (χ4v) is 4.10. The predicted octanol–water partition coefficient (Wildman–Crippen LogP) is 5.79. The first-order valence-electron chi connectivity index (χ1n) is 11.2. The van der Waals surface area contributed by atoms with E-state index >= 15 is 0 Å². The third kappa shape index (κ3) is 6.30. The van der Waals surface area contributed by atoms with Crippen LogP contribution >= 0.6 is 11.8 Å². The van der Waals surface area contributed by atoms with Gasteiger partial charge < -0.3 is 23.5 Å². The van der Waals surface area contributed by atoms with Crippen LogP contribution in [0, 0.1) is 0 Å². The van der Waals surface area contributed by atoms with Crippen LogP contribution in [0.2, 0.25) is 0 Å². The molecule has 174 valence electrons. The monoisotopic (exact) mass is 458 g/mol. The fraction of sp³-hybridized carbons (Fsp3) is 0.520. The molecule has 0 aliphatic carbocycles. The molecule has 1 heterocycles. The van der Waals surface area contributed by atoms with E-state index in [1.807, 2.05) is 49.0 Å². The van der Waals surface area contributed by atoms with Crippen molar-refractivity contribution in [2.75, 3.05) is 13.4 Å². The summed E-state index contributed by atoms with van der Waals surface area (Å²) in [5, 5.41) is 0.545. The van der Waals surface area contributed by atoms with Gasteiger partial charge >= 0.3 is 7.12 Å². The normalized spacial score (nSPS) is 17.2. The molecular weight excluding hydrogens is 423 g/mol. The minimum Gasteiger partial charge on any atom is -0.457 e. The fourth-order valence-electron chi connectivity index (χ4n) is 3.26. The van der Waals surface area contributed by atoms with Crippen LogP contribution in [0.3, 0.4) is 0 Å². The highest BCUT2D eigenvalue weighted by Gasteiger charge is 2.52. The summed E-state index contributed by atoms with van der Waals surface area (Å²) >= 11 is 1.83. The third-order valence-electron chi connectivity index (χ3n) is 5.68. The lowest BCUT2D eigenvalue weighted by Crippen LogP contribution is -2.41. The van der Waals surface area contributed by atoms with E-state index in [1.54, 1.807) is 0 Å². The van der Waals surface area contributed by atoms with Crippen molar-refractivity contribution in [1.82, 2.24) is 0 Å². The summed E-state index contributed by atoms with van der Waals surface area (Å²) in [5.41, 5.74) is 1.07. The Labute approximate surface area is 197 Å². The molecule has 0 amide bonds. The molecule has 0 radical (unpaired) electrons. The Morgan fingerprint density at radius 2 is 1.53 bits per heavy atom. The first-order chi connectivity index (χ1) is 15.1. The molecule has 0 saturated carbocycles. The van der Waals surface area contributed by atoms with Crippen LogP contribution in [0.15, 0.2) is 47.4 Å². The smallest absolute Gasteiger partial charge is 0.457 e. The number of hydrogen-bond donors (Lipinski definition) is 0. The van der Waals surface area contributed by atoms with Crippen LogP contribution in [0.1, 0.15) is 54.0 Å². The van der Waals surface area contributed by atoms with E-state index in [0.29, 0.717) is 18.5 Å². The van der Waals surface area contributed by atoms with Crippen LogP contribution in [0.25, 0.3) is 0 Å². The van der Waals surface area contributed by atoms with E-state index in [1.165, 1.54) is 4.90 Å². The molecule has 1 aliphatic heterocycles. The van der Waals surface area contributed by atoms with E-state index in [4.69, 9.17) is 23.5 Å². The Hall–Kier alpha value is -1.51. The number of benzene rings is 2. The van der Waals surface area contributed by atoms with Gasteiger partial charge in [0.25, 0.3) is 0 Å². The lowest BCUT2D eigenvalue weighted by molar-refractivity contribution is -0.0570.